The first-order chi connectivity index (χ1) is 9.90. The number of rotatable bonds is 7. The van der Waals surface area contributed by atoms with E-state index in [4.69, 9.17) is 11.6 Å². The first-order valence-electron chi connectivity index (χ1n) is 7.67. The van der Waals surface area contributed by atoms with Gasteiger partial charge in [0.25, 0.3) is 0 Å². The smallest absolute Gasteiger partial charge is 0.244 e. The Kier molecular flexibility index (Phi) is 5.38. The van der Waals surface area contributed by atoms with Crippen LogP contribution in [0.3, 0.4) is 0 Å². The van der Waals surface area contributed by atoms with Crippen LogP contribution in [-0.2, 0) is 15.9 Å². The zero-order chi connectivity index (χ0) is 15.6. The van der Waals surface area contributed by atoms with E-state index in [0.29, 0.717) is 29.8 Å². The summed E-state index contributed by atoms with van der Waals surface area (Å²) in [6, 6.07) is 1.91. The molecule has 2 rings (SSSR count). The molecule has 1 aliphatic rings. The van der Waals surface area contributed by atoms with Crippen molar-refractivity contribution in [3.05, 3.63) is 18.0 Å². The lowest BCUT2D eigenvalue weighted by molar-refractivity contribution is 0.250. The van der Waals surface area contributed by atoms with E-state index in [1.807, 2.05) is 25.3 Å². The molecule has 0 atom stereocenters. The molecular weight excluding hydrogens is 308 g/mol. The van der Waals surface area contributed by atoms with Crippen LogP contribution in [0.15, 0.2) is 17.2 Å². The SMILES string of the molecule is CCN(CC1CCC1)S(=O)(=O)c1cc(CCl)n(C(C)C)c1. The van der Waals surface area contributed by atoms with E-state index < -0.39 is 10.0 Å². The van der Waals surface area contributed by atoms with Gasteiger partial charge >= 0.3 is 0 Å². The Bertz CT molecular complexity index is 576. The van der Waals surface area contributed by atoms with Crippen LogP contribution in [-0.4, -0.2) is 30.4 Å². The van der Waals surface area contributed by atoms with E-state index in [-0.39, 0.29) is 6.04 Å². The largest absolute Gasteiger partial charge is 0.346 e. The maximum atomic E-state index is 12.8. The molecule has 1 saturated carbocycles. The average molecular weight is 333 g/mol. The zero-order valence-electron chi connectivity index (χ0n) is 13.0. The van der Waals surface area contributed by atoms with Crippen molar-refractivity contribution in [3.63, 3.8) is 0 Å². The molecule has 120 valence electrons. The second kappa shape index (κ2) is 6.71. The van der Waals surface area contributed by atoms with Gasteiger partial charge in [0.15, 0.2) is 0 Å². The molecule has 1 aliphatic carbocycles. The lowest BCUT2D eigenvalue weighted by atomic mass is 9.85. The number of hydrogen-bond acceptors (Lipinski definition) is 2. The predicted molar refractivity (Wildman–Crippen MR) is 86.1 cm³/mol. The highest BCUT2D eigenvalue weighted by molar-refractivity contribution is 7.89. The minimum absolute atomic E-state index is 0.199. The van der Waals surface area contributed by atoms with Gasteiger partial charge in [0, 0.05) is 31.0 Å². The fraction of sp³-hybridized carbons (Fsp3) is 0.733. The van der Waals surface area contributed by atoms with Crippen molar-refractivity contribution < 1.29 is 8.42 Å². The molecular formula is C15H25ClN2O2S. The minimum atomic E-state index is -3.41. The highest BCUT2D eigenvalue weighted by Gasteiger charge is 2.29. The molecule has 0 aliphatic heterocycles. The maximum absolute atomic E-state index is 12.8. The van der Waals surface area contributed by atoms with E-state index in [1.54, 1.807) is 16.6 Å². The quantitative estimate of drug-likeness (QED) is 0.716. The molecule has 1 heterocycles. The average Bonchev–Trinajstić information content (AvgIpc) is 2.82. The molecule has 21 heavy (non-hydrogen) atoms. The summed E-state index contributed by atoms with van der Waals surface area (Å²) in [5.74, 6) is 0.849. The Hall–Kier alpha value is -0.520. The first kappa shape index (κ1) is 16.8. The Morgan fingerprint density at radius 2 is 2.10 bits per heavy atom. The number of nitrogens with zero attached hydrogens (tertiary/aromatic N) is 2. The second-order valence-corrected chi connectivity index (χ2v) is 8.26. The van der Waals surface area contributed by atoms with Gasteiger partial charge in [-0.05, 0) is 38.7 Å². The van der Waals surface area contributed by atoms with Crippen molar-refractivity contribution in [1.82, 2.24) is 8.87 Å². The van der Waals surface area contributed by atoms with Gasteiger partial charge in [-0.25, -0.2) is 8.42 Å². The molecule has 4 nitrogen and oxygen atoms in total. The summed E-state index contributed by atoms with van der Waals surface area (Å²) in [5.41, 5.74) is 0.852. The van der Waals surface area contributed by atoms with Crippen molar-refractivity contribution in [2.24, 2.45) is 5.92 Å². The van der Waals surface area contributed by atoms with Crippen LogP contribution in [0.4, 0.5) is 0 Å². The molecule has 1 aromatic heterocycles. The van der Waals surface area contributed by atoms with Crippen LogP contribution < -0.4 is 0 Å². The predicted octanol–water partition coefficient (Wildman–Crippen LogP) is 3.62. The summed E-state index contributed by atoms with van der Waals surface area (Å²) >= 11 is 5.94. The van der Waals surface area contributed by atoms with Crippen LogP contribution in [0.5, 0.6) is 0 Å². The summed E-state index contributed by atoms with van der Waals surface area (Å²) in [6.07, 6.45) is 5.24. The van der Waals surface area contributed by atoms with Gasteiger partial charge in [-0.3, -0.25) is 0 Å². The Morgan fingerprint density at radius 3 is 2.48 bits per heavy atom. The van der Waals surface area contributed by atoms with E-state index in [1.165, 1.54) is 6.42 Å². The molecule has 0 bridgehead atoms. The summed E-state index contributed by atoms with van der Waals surface area (Å²) in [7, 11) is -3.41. The third-order valence-electron chi connectivity index (χ3n) is 4.28. The summed E-state index contributed by atoms with van der Waals surface area (Å²) in [4.78, 5) is 0.369. The Morgan fingerprint density at radius 1 is 1.43 bits per heavy atom. The molecule has 0 radical (unpaired) electrons. The van der Waals surface area contributed by atoms with Gasteiger partial charge in [-0.2, -0.15) is 4.31 Å². The van der Waals surface area contributed by atoms with Crippen molar-refractivity contribution >= 4 is 21.6 Å². The maximum Gasteiger partial charge on any atom is 0.244 e. The standard InChI is InChI=1S/C15H25ClN2O2S/c1-4-17(10-13-6-5-7-13)21(19,20)15-8-14(9-16)18(11-15)12(2)3/h8,11-13H,4-7,9-10H2,1-3H3. The molecule has 6 heteroatoms. The van der Waals surface area contributed by atoms with Gasteiger partial charge in [0.2, 0.25) is 10.0 Å². The number of aromatic nitrogens is 1. The normalized spacial score (nSPS) is 16.7. The van der Waals surface area contributed by atoms with Crippen LogP contribution >= 0.6 is 11.6 Å². The third-order valence-corrected chi connectivity index (χ3v) is 6.46. The number of alkyl halides is 1. The molecule has 0 unspecified atom stereocenters. The fourth-order valence-corrected chi connectivity index (χ4v) is 4.53. The zero-order valence-corrected chi connectivity index (χ0v) is 14.6. The summed E-state index contributed by atoms with van der Waals surface area (Å²) in [5, 5.41) is 0. The van der Waals surface area contributed by atoms with Gasteiger partial charge in [-0.1, -0.05) is 13.3 Å². The molecule has 0 amide bonds. The van der Waals surface area contributed by atoms with Gasteiger partial charge in [-0.15, -0.1) is 11.6 Å². The molecule has 0 aromatic carbocycles. The molecule has 0 N–H and O–H groups in total. The summed E-state index contributed by atoms with van der Waals surface area (Å²) in [6.45, 7) is 7.11. The van der Waals surface area contributed by atoms with E-state index >= 15 is 0 Å². The van der Waals surface area contributed by atoms with E-state index in [0.717, 1.165) is 18.5 Å². The highest BCUT2D eigenvalue weighted by Crippen LogP contribution is 2.30. The Labute approximate surface area is 133 Å². The van der Waals surface area contributed by atoms with Crippen LogP contribution in [0.2, 0.25) is 0 Å². The van der Waals surface area contributed by atoms with Crippen molar-refractivity contribution in [3.8, 4) is 0 Å². The monoisotopic (exact) mass is 332 g/mol. The van der Waals surface area contributed by atoms with Crippen LogP contribution in [0.1, 0.15) is 51.8 Å². The lowest BCUT2D eigenvalue weighted by Gasteiger charge is -2.30. The fourth-order valence-electron chi connectivity index (χ4n) is 2.73. The summed E-state index contributed by atoms with van der Waals surface area (Å²) < 4.78 is 29.2. The van der Waals surface area contributed by atoms with Gasteiger partial charge < -0.3 is 4.57 Å². The van der Waals surface area contributed by atoms with Gasteiger partial charge in [0.05, 0.1) is 5.88 Å². The van der Waals surface area contributed by atoms with Crippen LogP contribution in [0, 0.1) is 5.92 Å². The third kappa shape index (κ3) is 3.46. The van der Waals surface area contributed by atoms with Crippen LogP contribution in [0.25, 0.3) is 0 Å². The topological polar surface area (TPSA) is 42.3 Å². The van der Waals surface area contributed by atoms with Gasteiger partial charge in [0.1, 0.15) is 4.90 Å². The number of halogens is 1. The number of hydrogen-bond donors (Lipinski definition) is 0. The Balaban J connectivity index is 2.28. The lowest BCUT2D eigenvalue weighted by Crippen LogP contribution is -2.37. The first-order valence-corrected chi connectivity index (χ1v) is 9.64. The molecule has 0 spiro atoms. The van der Waals surface area contributed by atoms with E-state index in [2.05, 4.69) is 0 Å². The molecule has 1 aromatic rings. The second-order valence-electron chi connectivity index (χ2n) is 6.05. The van der Waals surface area contributed by atoms with Crippen molar-refractivity contribution in [1.29, 1.82) is 0 Å². The van der Waals surface area contributed by atoms with E-state index in [9.17, 15) is 8.42 Å². The van der Waals surface area contributed by atoms with Crippen molar-refractivity contribution in [2.45, 2.75) is 56.9 Å². The van der Waals surface area contributed by atoms with Crippen molar-refractivity contribution in [2.75, 3.05) is 13.1 Å². The molecule has 0 saturated heterocycles. The molecule has 1 fully saturated rings. The highest BCUT2D eigenvalue weighted by atomic mass is 35.5. The minimum Gasteiger partial charge on any atom is -0.346 e. The number of sulfonamides is 1.